The molecule has 0 bridgehead atoms. The van der Waals surface area contributed by atoms with Crippen LogP contribution in [0.4, 0.5) is 0 Å². The van der Waals surface area contributed by atoms with Crippen molar-refractivity contribution < 1.29 is 17.8 Å². The molecule has 0 N–H and O–H groups in total. The van der Waals surface area contributed by atoms with Crippen molar-refractivity contribution in [2.45, 2.75) is 0 Å². The van der Waals surface area contributed by atoms with Gasteiger partial charge in [-0.1, -0.05) is 224 Å². The molecule has 322 valence electrons. The van der Waals surface area contributed by atoms with Crippen LogP contribution in [0, 0.1) is 0 Å². The Morgan fingerprint density at radius 1 is 0.275 bits per heavy atom. The van der Waals surface area contributed by atoms with Crippen LogP contribution in [-0.4, -0.2) is 17.2 Å². The fraction of sp³-hybridized carbons (Fsp3) is 0. The highest BCUT2D eigenvalue weighted by Crippen LogP contribution is 2.44. The molecule has 0 spiro atoms. The summed E-state index contributed by atoms with van der Waals surface area (Å²) in [6.45, 7) is 0. The summed E-state index contributed by atoms with van der Waals surface area (Å²) >= 11 is 0. The van der Waals surface area contributed by atoms with Crippen molar-refractivity contribution in [1.29, 1.82) is 0 Å². The highest BCUT2D eigenvalue weighted by molar-refractivity contribution is 7.20. The summed E-state index contributed by atoms with van der Waals surface area (Å²) in [5.74, 6) is 0. The van der Waals surface area contributed by atoms with E-state index < -0.39 is 62.5 Å². The van der Waals surface area contributed by atoms with Crippen molar-refractivity contribution >= 4 is 105 Å². The largest absolute Gasteiger partial charge is 0.309 e. The zero-order valence-electron chi connectivity index (χ0n) is 49.8. The summed E-state index contributed by atoms with van der Waals surface area (Å²) in [7, 11) is -3.50. The third kappa shape index (κ3) is 5.91. The molecule has 0 atom stereocenters. The first-order valence-corrected chi connectivity index (χ1v) is 24.9. The maximum absolute atomic E-state index is 9.39. The molecular weight excluding hydrogens is 849 g/mol. The van der Waals surface area contributed by atoms with Gasteiger partial charge in [0.15, 0.2) is 8.07 Å². The number of para-hydroxylation sites is 2. The lowest BCUT2D eigenvalue weighted by atomic mass is 9.92. The van der Waals surface area contributed by atoms with Crippen molar-refractivity contribution in [1.82, 2.24) is 9.13 Å². The summed E-state index contributed by atoms with van der Waals surface area (Å²) in [6.07, 6.45) is 0. The Morgan fingerprint density at radius 3 is 1.43 bits per heavy atom. The fourth-order valence-electron chi connectivity index (χ4n) is 11.1. The van der Waals surface area contributed by atoms with Crippen LogP contribution in [0.5, 0.6) is 0 Å². The smallest absolute Gasteiger partial charge is 0.179 e. The van der Waals surface area contributed by atoms with E-state index in [1.807, 2.05) is 91.0 Å². The Labute approximate surface area is 419 Å². The number of hydrogen-bond acceptors (Lipinski definition) is 0. The predicted octanol–water partition coefficient (Wildman–Crippen LogP) is 14.4. The lowest BCUT2D eigenvalue weighted by molar-refractivity contribution is 1.16. The van der Waals surface area contributed by atoms with E-state index in [9.17, 15) is 5.48 Å². The standard InChI is InChI=1S/C66H44N2Si/c1-4-20-45(21-5-1)46-22-18-28-51(42-46)69(49-24-6-2-7-25-49,50-26-8-3-9-27-50)52-29-19-23-47(43-52)68-63-41-40-59-55-32-11-10-30-53(55)54-31-12-13-35-58(54)65(59)66(63)60-39-38-48(44-64(60)68)67-61-36-16-14-33-56(61)57-34-15-17-37-62(57)67/h1-44H/i1D,4D,5D,14D,15D,16D,17D,20D,21D,33D,34D,36D,37D. The number of rotatable bonds is 7. The molecular formula is C66H44N2Si. The summed E-state index contributed by atoms with van der Waals surface area (Å²) < 4.78 is 120. The van der Waals surface area contributed by atoms with Crippen LogP contribution < -0.4 is 20.7 Å². The van der Waals surface area contributed by atoms with Crippen LogP contribution in [-0.2, 0) is 0 Å². The van der Waals surface area contributed by atoms with Crippen LogP contribution in [0.25, 0.3) is 98.4 Å². The maximum Gasteiger partial charge on any atom is 0.179 e. The summed E-state index contributed by atoms with van der Waals surface area (Å²) in [4.78, 5) is 0. The lowest BCUT2D eigenvalue weighted by Gasteiger charge is -2.35. The van der Waals surface area contributed by atoms with Crippen LogP contribution in [0.3, 0.4) is 0 Å². The molecule has 69 heavy (non-hydrogen) atoms. The number of nitrogens with zero attached hydrogens (tertiary/aromatic N) is 2. The first-order valence-electron chi connectivity index (χ1n) is 29.4. The van der Waals surface area contributed by atoms with Gasteiger partial charge in [0.1, 0.15) is 0 Å². The van der Waals surface area contributed by atoms with Crippen molar-refractivity contribution in [3.05, 3.63) is 267 Å². The molecule has 14 rings (SSSR count). The van der Waals surface area contributed by atoms with E-state index in [1.54, 1.807) is 10.6 Å². The van der Waals surface area contributed by atoms with E-state index >= 15 is 0 Å². The van der Waals surface area contributed by atoms with Crippen molar-refractivity contribution in [2.75, 3.05) is 0 Å². The Kier molecular flexibility index (Phi) is 6.45. The minimum atomic E-state index is -3.50. The lowest BCUT2D eigenvalue weighted by Crippen LogP contribution is -2.74. The van der Waals surface area contributed by atoms with Gasteiger partial charge in [-0.15, -0.1) is 0 Å². The van der Waals surface area contributed by atoms with Gasteiger partial charge in [-0.25, -0.2) is 0 Å². The van der Waals surface area contributed by atoms with Crippen molar-refractivity contribution in [3.8, 4) is 22.5 Å². The van der Waals surface area contributed by atoms with Crippen LogP contribution >= 0.6 is 0 Å². The average molecular weight is 906 g/mol. The van der Waals surface area contributed by atoms with Gasteiger partial charge in [-0.3, -0.25) is 0 Å². The van der Waals surface area contributed by atoms with Gasteiger partial charge in [0.25, 0.3) is 0 Å². The van der Waals surface area contributed by atoms with Gasteiger partial charge in [-0.05, 0) is 101 Å². The number of aromatic nitrogens is 2. The van der Waals surface area contributed by atoms with E-state index in [4.69, 9.17) is 12.3 Å². The highest BCUT2D eigenvalue weighted by Gasteiger charge is 2.42. The van der Waals surface area contributed by atoms with E-state index in [1.165, 1.54) is 0 Å². The molecule has 14 aromatic rings. The van der Waals surface area contributed by atoms with E-state index in [-0.39, 0.29) is 51.5 Å². The van der Waals surface area contributed by atoms with E-state index in [0.29, 0.717) is 16.8 Å². The third-order valence-electron chi connectivity index (χ3n) is 13.9. The zero-order chi connectivity index (χ0) is 56.8. The van der Waals surface area contributed by atoms with Crippen LogP contribution in [0.15, 0.2) is 267 Å². The topological polar surface area (TPSA) is 9.86 Å². The Hall–Kier alpha value is -8.76. The number of hydrogen-bond donors (Lipinski definition) is 0. The minimum absolute atomic E-state index is 0.00977. The summed E-state index contributed by atoms with van der Waals surface area (Å²) in [5, 5.41) is 12.1. The predicted molar refractivity (Wildman–Crippen MR) is 297 cm³/mol. The second-order valence-electron chi connectivity index (χ2n) is 17.4. The van der Waals surface area contributed by atoms with Gasteiger partial charge < -0.3 is 9.13 Å². The van der Waals surface area contributed by atoms with Gasteiger partial charge in [0.2, 0.25) is 0 Å². The maximum atomic E-state index is 9.39. The second kappa shape index (κ2) is 15.7. The van der Waals surface area contributed by atoms with Gasteiger partial charge >= 0.3 is 0 Å². The zero-order valence-corrected chi connectivity index (χ0v) is 37.8. The van der Waals surface area contributed by atoms with Gasteiger partial charge in [-0.2, -0.15) is 0 Å². The molecule has 2 heterocycles. The molecule has 2 aromatic heterocycles. The summed E-state index contributed by atoms with van der Waals surface area (Å²) in [5.41, 5.74) is 3.38. The third-order valence-corrected chi connectivity index (χ3v) is 18.7. The molecule has 3 heteroatoms. The summed E-state index contributed by atoms with van der Waals surface area (Å²) in [6, 6.07) is 58.1. The Morgan fingerprint density at radius 2 is 0.768 bits per heavy atom. The quantitative estimate of drug-likeness (QED) is 0.0857. The molecule has 0 aliphatic carbocycles. The van der Waals surface area contributed by atoms with Crippen LogP contribution in [0.2, 0.25) is 0 Å². The molecule has 12 aromatic carbocycles. The Balaban J connectivity index is 1.13. The molecule has 0 radical (unpaired) electrons. The fourth-order valence-corrected chi connectivity index (χ4v) is 16.0. The normalized spacial score (nSPS) is 14.7. The average Bonchev–Trinajstić information content (AvgIpc) is 2.61. The SMILES string of the molecule is [2H]c1c([2H])c([2H])c(-c2cccc([Si](c3ccccc3)(c3ccccc3)c3cccc(-n4c5cc(-n6c7c([2H])c([2H])c([2H])c([2H])c7c7c([2H])c([2H])c([2H])c([2H])c76)ccc5c5c6c7ccccc7c7ccccc7c6ccc54)c3)c2)c([2H])c1[2H]. The van der Waals surface area contributed by atoms with Gasteiger partial charge in [0.05, 0.1) is 39.9 Å². The molecule has 2 nitrogen and oxygen atoms in total. The first-order chi connectivity index (χ1) is 39.6. The monoisotopic (exact) mass is 905 g/mol. The number of benzene rings is 12. The molecule has 0 fully saturated rings. The Bertz CT molecular complexity index is 4920. The first kappa shape index (κ1) is 28.4. The van der Waals surface area contributed by atoms with E-state index in [2.05, 4.69) is 95.6 Å². The minimum Gasteiger partial charge on any atom is -0.309 e. The van der Waals surface area contributed by atoms with E-state index in [0.717, 1.165) is 75.0 Å². The molecule has 0 saturated heterocycles. The second-order valence-corrected chi connectivity index (χ2v) is 21.2. The molecule has 0 aliphatic heterocycles. The van der Waals surface area contributed by atoms with Crippen molar-refractivity contribution in [2.24, 2.45) is 0 Å². The van der Waals surface area contributed by atoms with Crippen LogP contribution in [0.1, 0.15) is 17.8 Å². The molecule has 0 aliphatic rings. The van der Waals surface area contributed by atoms with Crippen molar-refractivity contribution in [3.63, 3.8) is 0 Å². The van der Waals surface area contributed by atoms with Gasteiger partial charge in [0, 0.05) is 38.3 Å². The highest BCUT2D eigenvalue weighted by atomic mass is 28.3. The molecule has 0 unspecified atom stereocenters. The molecule has 0 amide bonds. The molecule has 0 saturated carbocycles. The number of fused-ring (bicyclic) bond motifs is 13.